The largest absolute Gasteiger partial charge is 0.340 e. The molecule has 1 aromatic rings. The average molecular weight is 338 g/mol. The summed E-state index contributed by atoms with van der Waals surface area (Å²) < 4.78 is 27.1. The number of carbonyl (C=O) groups excluding carboxylic acids is 1. The number of hydrogen-bond donors (Lipinski definition) is 0. The van der Waals surface area contributed by atoms with E-state index in [0.29, 0.717) is 31.1 Å². The molecule has 1 unspecified atom stereocenters. The van der Waals surface area contributed by atoms with Crippen LogP contribution >= 0.6 is 0 Å². The molecule has 128 valence electrons. The average Bonchev–Trinajstić information content (AvgIpc) is 2.53. The van der Waals surface area contributed by atoms with Crippen molar-refractivity contribution in [3.05, 3.63) is 29.3 Å². The lowest BCUT2D eigenvalue weighted by Gasteiger charge is -2.35. The summed E-state index contributed by atoms with van der Waals surface area (Å²) in [6.45, 7) is 9.33. The minimum atomic E-state index is -3.49. The van der Waals surface area contributed by atoms with Gasteiger partial charge in [-0.25, -0.2) is 8.42 Å². The maximum absolute atomic E-state index is 12.8. The zero-order valence-corrected chi connectivity index (χ0v) is 15.2. The highest BCUT2D eigenvalue weighted by Crippen LogP contribution is 2.22. The van der Waals surface area contributed by atoms with Gasteiger partial charge in [-0.1, -0.05) is 31.5 Å². The van der Waals surface area contributed by atoms with Crippen LogP contribution in [0.2, 0.25) is 0 Å². The van der Waals surface area contributed by atoms with Crippen LogP contribution in [0.4, 0.5) is 0 Å². The maximum Gasteiger partial charge on any atom is 0.243 e. The zero-order chi connectivity index (χ0) is 17.2. The highest BCUT2D eigenvalue weighted by molar-refractivity contribution is 7.89. The maximum atomic E-state index is 12.8. The molecule has 1 aliphatic rings. The molecule has 0 spiro atoms. The first-order valence-corrected chi connectivity index (χ1v) is 9.57. The molecule has 1 amide bonds. The van der Waals surface area contributed by atoms with E-state index in [1.54, 1.807) is 11.0 Å². The molecule has 1 aliphatic heterocycles. The van der Waals surface area contributed by atoms with Crippen molar-refractivity contribution in [3.63, 3.8) is 0 Å². The monoisotopic (exact) mass is 338 g/mol. The number of benzene rings is 1. The van der Waals surface area contributed by atoms with Crippen molar-refractivity contribution in [1.82, 2.24) is 9.21 Å². The lowest BCUT2D eigenvalue weighted by molar-refractivity contribution is -0.136. The van der Waals surface area contributed by atoms with E-state index in [9.17, 15) is 13.2 Å². The molecular formula is C17H26N2O3S. The third-order valence-electron chi connectivity index (χ3n) is 4.53. The van der Waals surface area contributed by atoms with Gasteiger partial charge in [-0.3, -0.25) is 4.79 Å². The molecule has 0 radical (unpaired) electrons. The molecule has 2 rings (SSSR count). The number of rotatable bonds is 4. The summed E-state index contributed by atoms with van der Waals surface area (Å²) in [6.07, 6.45) is 0.805. The molecule has 6 heteroatoms. The highest BCUT2D eigenvalue weighted by atomic mass is 32.2. The Morgan fingerprint density at radius 3 is 2.30 bits per heavy atom. The van der Waals surface area contributed by atoms with Crippen LogP contribution in [0.1, 0.15) is 31.4 Å². The fourth-order valence-corrected chi connectivity index (χ4v) is 4.49. The van der Waals surface area contributed by atoms with E-state index >= 15 is 0 Å². The van der Waals surface area contributed by atoms with E-state index in [1.807, 2.05) is 39.8 Å². The molecule has 0 N–H and O–H groups in total. The van der Waals surface area contributed by atoms with Gasteiger partial charge in [0.05, 0.1) is 4.90 Å². The molecule has 1 aromatic carbocycles. The molecule has 23 heavy (non-hydrogen) atoms. The third-order valence-corrected chi connectivity index (χ3v) is 6.59. The summed E-state index contributed by atoms with van der Waals surface area (Å²) >= 11 is 0. The van der Waals surface area contributed by atoms with E-state index < -0.39 is 10.0 Å². The van der Waals surface area contributed by atoms with Gasteiger partial charge in [0.2, 0.25) is 15.9 Å². The van der Waals surface area contributed by atoms with Crippen molar-refractivity contribution in [2.75, 3.05) is 26.2 Å². The van der Waals surface area contributed by atoms with E-state index in [-0.39, 0.29) is 11.8 Å². The van der Waals surface area contributed by atoms with E-state index in [2.05, 4.69) is 0 Å². The molecule has 0 saturated carbocycles. The Labute approximate surface area is 139 Å². The summed E-state index contributed by atoms with van der Waals surface area (Å²) in [5.41, 5.74) is 1.81. The second-order valence-corrected chi connectivity index (χ2v) is 8.21. The Kier molecular flexibility index (Phi) is 5.47. The second-order valence-electron chi connectivity index (χ2n) is 6.31. The fourth-order valence-electron chi connectivity index (χ4n) is 2.86. The summed E-state index contributed by atoms with van der Waals surface area (Å²) in [5, 5.41) is 0. The van der Waals surface area contributed by atoms with Crippen molar-refractivity contribution in [3.8, 4) is 0 Å². The number of amides is 1. The SMILES string of the molecule is CCC(C)C(=O)N1CCN(S(=O)(=O)c2ccc(C)cc2C)CC1. The van der Waals surface area contributed by atoms with Crippen molar-refractivity contribution < 1.29 is 13.2 Å². The molecule has 1 saturated heterocycles. The van der Waals surface area contributed by atoms with Crippen LogP contribution in [0.15, 0.2) is 23.1 Å². The smallest absolute Gasteiger partial charge is 0.243 e. The first-order chi connectivity index (χ1) is 10.8. The summed E-state index contributed by atoms with van der Waals surface area (Å²) in [7, 11) is -3.49. The molecular weight excluding hydrogens is 312 g/mol. The standard InChI is InChI=1S/C17H26N2O3S/c1-5-14(3)17(20)18-8-10-19(11-9-18)23(21,22)16-7-6-13(2)12-15(16)4/h6-7,12,14H,5,8-11H2,1-4H3. The van der Waals surface area contributed by atoms with E-state index in [1.165, 1.54) is 4.31 Å². The van der Waals surface area contributed by atoms with Crippen LogP contribution < -0.4 is 0 Å². The van der Waals surface area contributed by atoms with Gasteiger partial charge in [-0.2, -0.15) is 4.31 Å². The Morgan fingerprint density at radius 1 is 1.17 bits per heavy atom. The van der Waals surface area contributed by atoms with Crippen molar-refractivity contribution in [1.29, 1.82) is 0 Å². The molecule has 5 nitrogen and oxygen atoms in total. The molecule has 0 bridgehead atoms. The molecule has 1 heterocycles. The van der Waals surface area contributed by atoms with Crippen LogP contribution in [0.25, 0.3) is 0 Å². The number of piperazine rings is 1. The van der Waals surface area contributed by atoms with Crippen molar-refractivity contribution in [2.45, 2.75) is 39.0 Å². The molecule has 0 aliphatic carbocycles. The van der Waals surface area contributed by atoms with Gasteiger partial charge < -0.3 is 4.90 Å². The third kappa shape index (κ3) is 3.75. The molecule has 1 atom stereocenters. The van der Waals surface area contributed by atoms with Gasteiger partial charge in [0.15, 0.2) is 0 Å². The second kappa shape index (κ2) is 7.01. The minimum Gasteiger partial charge on any atom is -0.340 e. The summed E-state index contributed by atoms with van der Waals surface area (Å²) in [5.74, 6) is 0.119. The zero-order valence-electron chi connectivity index (χ0n) is 14.4. The minimum absolute atomic E-state index is 0.00231. The van der Waals surface area contributed by atoms with Gasteiger partial charge >= 0.3 is 0 Å². The Morgan fingerprint density at radius 2 is 1.78 bits per heavy atom. The van der Waals surface area contributed by atoms with Crippen LogP contribution in [0, 0.1) is 19.8 Å². The fraction of sp³-hybridized carbons (Fsp3) is 0.588. The topological polar surface area (TPSA) is 57.7 Å². The summed E-state index contributed by atoms with van der Waals surface area (Å²) in [4.78, 5) is 14.4. The van der Waals surface area contributed by atoms with Gasteiger partial charge in [-0.15, -0.1) is 0 Å². The normalized spacial score (nSPS) is 18.0. The van der Waals surface area contributed by atoms with Crippen LogP contribution in [0.5, 0.6) is 0 Å². The van der Waals surface area contributed by atoms with Gasteiger partial charge in [0.1, 0.15) is 0 Å². The lowest BCUT2D eigenvalue weighted by Crippen LogP contribution is -2.51. The number of aryl methyl sites for hydroxylation is 2. The number of carbonyl (C=O) groups is 1. The van der Waals surface area contributed by atoms with Gasteiger partial charge in [0.25, 0.3) is 0 Å². The number of hydrogen-bond acceptors (Lipinski definition) is 3. The van der Waals surface area contributed by atoms with Crippen LogP contribution in [-0.4, -0.2) is 49.7 Å². The van der Waals surface area contributed by atoms with Crippen molar-refractivity contribution in [2.24, 2.45) is 5.92 Å². The Balaban J connectivity index is 2.11. The van der Waals surface area contributed by atoms with Crippen molar-refractivity contribution >= 4 is 15.9 Å². The molecule has 1 fully saturated rings. The Bertz CT molecular complexity index is 677. The molecule has 0 aromatic heterocycles. The van der Waals surface area contributed by atoms with E-state index in [4.69, 9.17) is 0 Å². The van der Waals surface area contributed by atoms with Gasteiger partial charge in [0, 0.05) is 32.1 Å². The van der Waals surface area contributed by atoms with Crippen LogP contribution in [0.3, 0.4) is 0 Å². The highest BCUT2D eigenvalue weighted by Gasteiger charge is 2.31. The van der Waals surface area contributed by atoms with Gasteiger partial charge in [-0.05, 0) is 31.9 Å². The lowest BCUT2D eigenvalue weighted by atomic mass is 10.1. The van der Waals surface area contributed by atoms with E-state index in [0.717, 1.165) is 17.5 Å². The Hall–Kier alpha value is -1.40. The summed E-state index contributed by atoms with van der Waals surface area (Å²) in [6, 6.07) is 5.38. The van der Waals surface area contributed by atoms with Crippen LogP contribution in [-0.2, 0) is 14.8 Å². The number of sulfonamides is 1. The first-order valence-electron chi connectivity index (χ1n) is 8.13. The quantitative estimate of drug-likeness (QED) is 0.845. The predicted octanol–water partition coefficient (Wildman–Crippen LogP) is 2.18. The predicted molar refractivity (Wildman–Crippen MR) is 90.7 cm³/mol. The first kappa shape index (κ1) is 17.9. The number of nitrogens with zero attached hydrogens (tertiary/aromatic N) is 2.